The number of hydrogen-bond donors (Lipinski definition) is 0. The molecule has 1 atom stereocenters. The maximum atomic E-state index is 13.2. The molecule has 1 unspecified atom stereocenters. The topological polar surface area (TPSA) is 0 Å². The van der Waals surface area contributed by atoms with E-state index in [1.54, 1.807) is 18.3 Å². The minimum Gasteiger partial charge on any atom is -0.207 e. The molecular formula is C12H8Br3FS. The van der Waals surface area contributed by atoms with E-state index in [4.69, 9.17) is 0 Å². The van der Waals surface area contributed by atoms with Gasteiger partial charge in [-0.1, -0.05) is 28.1 Å². The first-order chi connectivity index (χ1) is 7.99. The normalized spacial score (nSPS) is 12.8. The first-order valence-electron chi connectivity index (χ1n) is 4.84. The molecule has 0 amide bonds. The largest absolute Gasteiger partial charge is 0.207 e. The van der Waals surface area contributed by atoms with Crippen LogP contribution in [0, 0.1) is 12.7 Å². The van der Waals surface area contributed by atoms with Gasteiger partial charge in [-0.05, 0) is 62.0 Å². The molecule has 1 heterocycles. The van der Waals surface area contributed by atoms with Crippen molar-refractivity contribution in [2.75, 3.05) is 0 Å². The maximum Gasteiger partial charge on any atom is 0.126 e. The van der Waals surface area contributed by atoms with Crippen LogP contribution >= 0.6 is 59.1 Å². The van der Waals surface area contributed by atoms with Crippen molar-refractivity contribution in [2.24, 2.45) is 0 Å². The number of aryl methyl sites for hydroxylation is 1. The fourth-order valence-electron chi connectivity index (χ4n) is 1.48. The number of hydrogen-bond acceptors (Lipinski definition) is 1. The van der Waals surface area contributed by atoms with E-state index < -0.39 is 0 Å². The third-order valence-corrected chi connectivity index (χ3v) is 7.03. The second-order valence-corrected chi connectivity index (χ2v) is 7.81. The van der Waals surface area contributed by atoms with E-state index in [1.807, 2.05) is 12.1 Å². The molecule has 2 aromatic rings. The fourth-order valence-corrected chi connectivity index (χ4v) is 4.27. The van der Waals surface area contributed by atoms with Crippen molar-refractivity contribution >= 4 is 59.1 Å². The van der Waals surface area contributed by atoms with Crippen molar-refractivity contribution in [1.29, 1.82) is 0 Å². The standard InChI is InChI=1S/C12H8Br3FS/c1-6-4-7(2-3-9(6)16)11(14)10-5-8(13)12(15)17-10/h2-5,11H,1H3. The van der Waals surface area contributed by atoms with Crippen molar-refractivity contribution in [3.8, 4) is 0 Å². The summed E-state index contributed by atoms with van der Waals surface area (Å²) < 4.78 is 15.3. The molecule has 0 radical (unpaired) electrons. The zero-order chi connectivity index (χ0) is 12.6. The van der Waals surface area contributed by atoms with Gasteiger partial charge in [-0.2, -0.15) is 0 Å². The minimum absolute atomic E-state index is 0.0920. The Hall–Kier alpha value is 0.290. The zero-order valence-corrected chi connectivity index (χ0v) is 14.4. The first-order valence-corrected chi connectivity index (χ1v) is 8.15. The Morgan fingerprint density at radius 2 is 1.94 bits per heavy atom. The van der Waals surface area contributed by atoms with Crippen molar-refractivity contribution in [3.05, 3.63) is 54.3 Å². The molecule has 0 aliphatic heterocycles. The van der Waals surface area contributed by atoms with Gasteiger partial charge in [-0.25, -0.2) is 4.39 Å². The third kappa shape index (κ3) is 3.00. The summed E-state index contributed by atoms with van der Waals surface area (Å²) in [6, 6.07) is 7.25. The Morgan fingerprint density at radius 3 is 2.47 bits per heavy atom. The van der Waals surface area contributed by atoms with E-state index in [1.165, 1.54) is 10.9 Å². The summed E-state index contributed by atoms with van der Waals surface area (Å²) in [5.74, 6) is -0.165. The molecule has 0 nitrogen and oxygen atoms in total. The molecule has 5 heteroatoms. The highest BCUT2D eigenvalue weighted by molar-refractivity contribution is 9.13. The lowest BCUT2D eigenvalue weighted by Gasteiger charge is -2.09. The predicted octanol–water partition coefficient (Wildman–Crippen LogP) is 6.20. The van der Waals surface area contributed by atoms with E-state index in [2.05, 4.69) is 53.9 Å². The molecule has 0 saturated heterocycles. The van der Waals surface area contributed by atoms with Gasteiger partial charge in [0.05, 0.1) is 8.61 Å². The van der Waals surface area contributed by atoms with Crippen molar-refractivity contribution in [1.82, 2.24) is 0 Å². The molecule has 0 N–H and O–H groups in total. The smallest absolute Gasteiger partial charge is 0.126 e. The Balaban J connectivity index is 2.36. The minimum atomic E-state index is -0.165. The molecule has 0 bridgehead atoms. The number of halogens is 4. The molecule has 0 saturated carbocycles. The molecule has 2 rings (SSSR count). The SMILES string of the molecule is Cc1cc(C(Br)c2cc(Br)c(Br)s2)ccc1F. The Bertz CT molecular complexity index is 531. The van der Waals surface area contributed by atoms with E-state index in [0.717, 1.165) is 13.8 Å². The lowest BCUT2D eigenvalue weighted by molar-refractivity contribution is 0.618. The van der Waals surface area contributed by atoms with Crippen molar-refractivity contribution in [2.45, 2.75) is 11.8 Å². The van der Waals surface area contributed by atoms with Gasteiger partial charge in [0, 0.05) is 9.35 Å². The lowest BCUT2D eigenvalue weighted by atomic mass is 10.1. The van der Waals surface area contributed by atoms with Crippen LogP contribution < -0.4 is 0 Å². The lowest BCUT2D eigenvalue weighted by Crippen LogP contribution is -1.92. The number of thiophene rings is 1. The van der Waals surface area contributed by atoms with Crippen LogP contribution in [0.2, 0.25) is 0 Å². The predicted molar refractivity (Wildman–Crippen MR) is 81.6 cm³/mol. The van der Waals surface area contributed by atoms with Crippen LogP contribution in [0.5, 0.6) is 0 Å². The average Bonchev–Trinajstić information content (AvgIpc) is 2.62. The van der Waals surface area contributed by atoms with E-state index >= 15 is 0 Å². The number of rotatable bonds is 2. The van der Waals surface area contributed by atoms with Crippen LogP contribution in [0.4, 0.5) is 4.39 Å². The van der Waals surface area contributed by atoms with Gasteiger partial charge in [0.2, 0.25) is 0 Å². The number of benzene rings is 1. The van der Waals surface area contributed by atoms with Crippen LogP contribution in [0.3, 0.4) is 0 Å². The Labute approximate surface area is 129 Å². The fraction of sp³-hybridized carbons (Fsp3) is 0.167. The summed E-state index contributed by atoms with van der Waals surface area (Å²) in [5, 5.41) is 0. The van der Waals surface area contributed by atoms with Crippen molar-refractivity contribution in [3.63, 3.8) is 0 Å². The van der Waals surface area contributed by atoms with Crippen LogP contribution in [-0.2, 0) is 0 Å². The van der Waals surface area contributed by atoms with Gasteiger partial charge in [0.1, 0.15) is 5.82 Å². The summed E-state index contributed by atoms with van der Waals surface area (Å²) in [6.45, 7) is 1.78. The first kappa shape index (κ1) is 13.7. The molecule has 0 aliphatic rings. The average molecular weight is 443 g/mol. The second kappa shape index (κ2) is 5.51. The Kier molecular flexibility index (Phi) is 4.45. The van der Waals surface area contributed by atoms with Crippen LogP contribution in [-0.4, -0.2) is 0 Å². The Morgan fingerprint density at radius 1 is 1.24 bits per heavy atom. The summed E-state index contributed by atoms with van der Waals surface area (Å²) in [4.78, 5) is 1.27. The van der Waals surface area contributed by atoms with Crippen LogP contribution in [0.15, 0.2) is 32.5 Å². The summed E-state index contributed by atoms with van der Waals surface area (Å²) >= 11 is 12.2. The maximum absolute atomic E-state index is 13.2. The highest BCUT2D eigenvalue weighted by Gasteiger charge is 2.15. The molecule has 17 heavy (non-hydrogen) atoms. The van der Waals surface area contributed by atoms with E-state index in [9.17, 15) is 4.39 Å². The summed E-state index contributed by atoms with van der Waals surface area (Å²) in [7, 11) is 0. The third-order valence-electron chi connectivity index (χ3n) is 2.39. The van der Waals surface area contributed by atoms with Gasteiger partial charge in [0.25, 0.3) is 0 Å². The van der Waals surface area contributed by atoms with E-state index in [-0.39, 0.29) is 10.6 Å². The van der Waals surface area contributed by atoms with Gasteiger partial charge in [-0.15, -0.1) is 11.3 Å². The molecule has 0 fully saturated rings. The van der Waals surface area contributed by atoms with E-state index in [0.29, 0.717) is 5.56 Å². The quantitative estimate of drug-likeness (QED) is 0.485. The highest BCUT2D eigenvalue weighted by atomic mass is 79.9. The van der Waals surface area contributed by atoms with Crippen LogP contribution in [0.1, 0.15) is 20.8 Å². The van der Waals surface area contributed by atoms with Gasteiger partial charge < -0.3 is 0 Å². The summed E-state index contributed by atoms with van der Waals surface area (Å²) in [5.41, 5.74) is 1.73. The molecule has 90 valence electrons. The van der Waals surface area contributed by atoms with Gasteiger partial charge in [-0.3, -0.25) is 0 Å². The molecule has 0 spiro atoms. The monoisotopic (exact) mass is 440 g/mol. The molecule has 1 aromatic heterocycles. The molecular weight excluding hydrogens is 435 g/mol. The van der Waals surface area contributed by atoms with Crippen LogP contribution in [0.25, 0.3) is 0 Å². The summed E-state index contributed by atoms with van der Waals surface area (Å²) in [6.07, 6.45) is 0. The number of alkyl halides is 1. The van der Waals surface area contributed by atoms with Gasteiger partial charge >= 0.3 is 0 Å². The van der Waals surface area contributed by atoms with Gasteiger partial charge in [0.15, 0.2) is 0 Å². The van der Waals surface area contributed by atoms with Crippen molar-refractivity contribution < 1.29 is 4.39 Å². The molecule has 0 aliphatic carbocycles. The second-order valence-electron chi connectivity index (χ2n) is 3.64. The molecule has 1 aromatic carbocycles. The zero-order valence-electron chi connectivity index (χ0n) is 8.81. The highest BCUT2D eigenvalue weighted by Crippen LogP contribution is 2.41.